The average molecular weight is 327 g/mol. The minimum Gasteiger partial charge on any atom is -0.481 e. The maximum absolute atomic E-state index is 11.8. The first-order valence-corrected chi connectivity index (χ1v) is 8.20. The summed E-state index contributed by atoms with van der Waals surface area (Å²) in [6.07, 6.45) is 2.03. The Kier molecular flexibility index (Phi) is 3.66. The first-order chi connectivity index (χ1) is 11.6. The van der Waals surface area contributed by atoms with Gasteiger partial charge in [-0.1, -0.05) is 30.3 Å². The molecule has 2 aliphatic heterocycles. The van der Waals surface area contributed by atoms with E-state index in [1.54, 1.807) is 0 Å². The molecule has 1 aromatic carbocycles. The predicted molar refractivity (Wildman–Crippen MR) is 88.3 cm³/mol. The third-order valence-electron chi connectivity index (χ3n) is 5.22. The lowest BCUT2D eigenvalue weighted by Gasteiger charge is -2.22. The van der Waals surface area contributed by atoms with Crippen LogP contribution in [0.25, 0.3) is 11.3 Å². The number of hydrogen-bond donors (Lipinski definition) is 1. The lowest BCUT2D eigenvalue weighted by molar-refractivity contribution is -0.149. The first-order valence-electron chi connectivity index (χ1n) is 8.20. The van der Waals surface area contributed by atoms with E-state index in [9.17, 15) is 9.90 Å². The van der Waals surface area contributed by atoms with Crippen LogP contribution in [-0.2, 0) is 23.1 Å². The second-order valence-corrected chi connectivity index (χ2v) is 6.89. The number of aryl methyl sites for hydroxylation is 1. The van der Waals surface area contributed by atoms with Crippen LogP contribution in [-0.4, -0.2) is 52.1 Å². The Bertz CT molecular complexity index is 758. The number of aromatic nitrogens is 2. The Morgan fingerprint density at radius 2 is 2.21 bits per heavy atom. The van der Waals surface area contributed by atoms with Crippen molar-refractivity contribution in [1.82, 2.24) is 14.7 Å². The number of nitrogens with zero attached hydrogens (tertiary/aromatic N) is 3. The number of likely N-dealkylation sites (tertiary alicyclic amines) is 1. The van der Waals surface area contributed by atoms with Crippen LogP contribution in [0.1, 0.15) is 5.56 Å². The molecular formula is C18H21N3O3. The van der Waals surface area contributed by atoms with Crippen molar-refractivity contribution in [3.05, 3.63) is 42.1 Å². The van der Waals surface area contributed by atoms with Crippen molar-refractivity contribution < 1.29 is 14.6 Å². The Morgan fingerprint density at radius 3 is 2.92 bits per heavy atom. The molecule has 6 nitrogen and oxygen atoms in total. The van der Waals surface area contributed by atoms with E-state index >= 15 is 0 Å². The summed E-state index contributed by atoms with van der Waals surface area (Å²) < 4.78 is 7.27. The van der Waals surface area contributed by atoms with Crippen LogP contribution < -0.4 is 0 Å². The number of carboxylic acids is 1. The van der Waals surface area contributed by atoms with Gasteiger partial charge in [-0.3, -0.25) is 14.4 Å². The number of carboxylic acid groups (broad SMARTS) is 1. The van der Waals surface area contributed by atoms with Crippen molar-refractivity contribution in [2.24, 2.45) is 18.4 Å². The van der Waals surface area contributed by atoms with Gasteiger partial charge in [-0.25, -0.2) is 0 Å². The lowest BCUT2D eigenvalue weighted by atomic mass is 9.81. The summed E-state index contributed by atoms with van der Waals surface area (Å²) in [5, 5.41) is 14.3. The summed E-state index contributed by atoms with van der Waals surface area (Å²) in [4.78, 5) is 14.0. The molecule has 6 heteroatoms. The van der Waals surface area contributed by atoms with Crippen molar-refractivity contribution in [2.75, 3.05) is 26.3 Å². The van der Waals surface area contributed by atoms with Crippen LogP contribution in [0.15, 0.2) is 36.5 Å². The third kappa shape index (κ3) is 2.42. The van der Waals surface area contributed by atoms with Crippen LogP contribution in [0.4, 0.5) is 0 Å². The normalized spacial score (nSPS) is 26.6. The zero-order valence-corrected chi connectivity index (χ0v) is 13.7. The van der Waals surface area contributed by atoms with E-state index in [-0.39, 0.29) is 5.92 Å². The van der Waals surface area contributed by atoms with Crippen molar-refractivity contribution >= 4 is 5.97 Å². The maximum atomic E-state index is 11.8. The van der Waals surface area contributed by atoms with Crippen LogP contribution in [0, 0.1) is 11.3 Å². The van der Waals surface area contributed by atoms with Crippen LogP contribution in [0.3, 0.4) is 0 Å². The Labute approximate surface area is 140 Å². The van der Waals surface area contributed by atoms with Gasteiger partial charge in [0.2, 0.25) is 0 Å². The number of carbonyl (C=O) groups is 1. The SMILES string of the molecule is Cn1cc(CN2C[C@@H]3COC[C@]3(C(=O)O)C2)c(-c2ccccc2)n1. The van der Waals surface area contributed by atoms with Crippen LogP contribution in [0.2, 0.25) is 0 Å². The van der Waals surface area contributed by atoms with Gasteiger partial charge in [-0.05, 0) is 0 Å². The highest BCUT2D eigenvalue weighted by Crippen LogP contribution is 2.42. The molecule has 2 fully saturated rings. The van der Waals surface area contributed by atoms with Gasteiger partial charge in [0.25, 0.3) is 0 Å². The van der Waals surface area contributed by atoms with Crippen LogP contribution in [0.5, 0.6) is 0 Å². The van der Waals surface area contributed by atoms with E-state index in [1.807, 2.05) is 36.1 Å². The molecule has 2 atom stereocenters. The number of rotatable bonds is 4. The summed E-state index contributed by atoms with van der Waals surface area (Å²) >= 11 is 0. The van der Waals surface area contributed by atoms with Crippen molar-refractivity contribution in [3.8, 4) is 11.3 Å². The zero-order valence-electron chi connectivity index (χ0n) is 13.7. The zero-order chi connectivity index (χ0) is 16.7. The lowest BCUT2D eigenvalue weighted by Crippen LogP contribution is -2.38. The number of benzene rings is 1. The van der Waals surface area contributed by atoms with Crippen molar-refractivity contribution in [3.63, 3.8) is 0 Å². The van der Waals surface area contributed by atoms with Crippen LogP contribution >= 0.6 is 0 Å². The highest BCUT2D eigenvalue weighted by molar-refractivity contribution is 5.76. The molecule has 0 spiro atoms. The smallest absolute Gasteiger partial charge is 0.313 e. The van der Waals surface area contributed by atoms with Gasteiger partial charge in [0, 0.05) is 49.9 Å². The molecule has 126 valence electrons. The number of aliphatic carboxylic acids is 1. The second-order valence-electron chi connectivity index (χ2n) is 6.89. The van der Waals surface area contributed by atoms with E-state index in [0.29, 0.717) is 26.3 Å². The van der Waals surface area contributed by atoms with Gasteiger partial charge in [0.05, 0.1) is 18.9 Å². The number of fused-ring (bicyclic) bond motifs is 1. The average Bonchev–Trinajstić information content (AvgIpc) is 3.21. The van der Waals surface area contributed by atoms with E-state index in [4.69, 9.17) is 4.74 Å². The molecular weight excluding hydrogens is 306 g/mol. The standard InChI is InChI=1S/C18H21N3O3/c1-20-7-14(16(19-20)13-5-3-2-4-6-13)8-21-9-15-10-24-12-18(15,11-21)17(22)23/h2-7,15H,8-12H2,1H3,(H,22,23)/t15-,18-/m1/s1. The van der Waals surface area contributed by atoms with Gasteiger partial charge in [-0.15, -0.1) is 0 Å². The Morgan fingerprint density at radius 1 is 1.42 bits per heavy atom. The fourth-order valence-electron chi connectivity index (χ4n) is 4.00. The van der Waals surface area contributed by atoms with Crippen molar-refractivity contribution in [1.29, 1.82) is 0 Å². The quantitative estimate of drug-likeness (QED) is 0.924. The second kappa shape index (κ2) is 5.72. The molecule has 4 rings (SSSR count). The molecule has 0 aliphatic carbocycles. The van der Waals surface area contributed by atoms with Gasteiger partial charge < -0.3 is 9.84 Å². The highest BCUT2D eigenvalue weighted by atomic mass is 16.5. The summed E-state index contributed by atoms with van der Waals surface area (Å²) in [5.74, 6) is -0.659. The topological polar surface area (TPSA) is 67.6 Å². The highest BCUT2D eigenvalue weighted by Gasteiger charge is 2.56. The molecule has 2 saturated heterocycles. The molecule has 0 bridgehead atoms. The van der Waals surface area contributed by atoms with Crippen molar-refractivity contribution in [2.45, 2.75) is 6.54 Å². The molecule has 0 amide bonds. The van der Waals surface area contributed by atoms with E-state index in [2.05, 4.69) is 22.1 Å². The van der Waals surface area contributed by atoms with E-state index in [0.717, 1.165) is 23.4 Å². The minimum absolute atomic E-state index is 0.0758. The molecule has 0 saturated carbocycles. The minimum atomic E-state index is -0.741. The molecule has 3 heterocycles. The molecule has 2 aromatic rings. The fraction of sp³-hybridized carbons (Fsp3) is 0.444. The maximum Gasteiger partial charge on any atom is 0.313 e. The number of hydrogen-bond acceptors (Lipinski definition) is 4. The summed E-state index contributed by atoms with van der Waals surface area (Å²) in [6.45, 7) is 2.87. The number of ether oxygens (including phenoxy) is 1. The fourth-order valence-corrected chi connectivity index (χ4v) is 4.00. The van der Waals surface area contributed by atoms with E-state index in [1.165, 1.54) is 0 Å². The van der Waals surface area contributed by atoms with Gasteiger partial charge in [0.15, 0.2) is 0 Å². The predicted octanol–water partition coefficient (Wildman–Crippen LogP) is 1.62. The van der Waals surface area contributed by atoms with Gasteiger partial charge in [0.1, 0.15) is 5.41 Å². The third-order valence-corrected chi connectivity index (χ3v) is 5.22. The molecule has 1 N–H and O–H groups in total. The van der Waals surface area contributed by atoms with Gasteiger partial charge >= 0.3 is 5.97 Å². The largest absolute Gasteiger partial charge is 0.481 e. The summed E-state index contributed by atoms with van der Waals surface area (Å²) in [6, 6.07) is 10.1. The van der Waals surface area contributed by atoms with E-state index < -0.39 is 11.4 Å². The molecule has 0 radical (unpaired) electrons. The summed E-state index contributed by atoms with van der Waals surface area (Å²) in [5.41, 5.74) is 2.44. The molecule has 1 aromatic heterocycles. The Balaban J connectivity index is 1.58. The first kappa shape index (κ1) is 15.4. The monoisotopic (exact) mass is 327 g/mol. The van der Waals surface area contributed by atoms with Gasteiger partial charge in [-0.2, -0.15) is 5.10 Å². The molecule has 24 heavy (non-hydrogen) atoms. The summed E-state index contributed by atoms with van der Waals surface area (Å²) in [7, 11) is 1.92. The molecule has 2 aliphatic rings. The molecule has 0 unspecified atom stereocenters. The Hall–Kier alpha value is -2.18.